The van der Waals surface area contributed by atoms with Crippen LogP contribution in [0.1, 0.15) is 46.0 Å². The molecular formula is C14H22BrFMgO. The molecule has 100 valence electrons. The highest BCUT2D eigenvalue weighted by Crippen LogP contribution is 2.14. The van der Waals surface area contributed by atoms with Crippen LogP contribution in [0.4, 0.5) is 2.96 Å². The van der Waals surface area contributed by atoms with Crippen molar-refractivity contribution in [2.24, 2.45) is 0 Å². The van der Waals surface area contributed by atoms with Crippen molar-refractivity contribution in [1.82, 2.24) is 0 Å². The Morgan fingerprint density at radius 1 is 1.17 bits per heavy atom. The molecule has 1 atom stereocenters. The van der Waals surface area contributed by atoms with Gasteiger partial charge in [0.2, 0.25) is 0 Å². The SMILES string of the molecule is Br.CCCCCCC(C)Oc1cc[c]([Mg][F])cc1. The van der Waals surface area contributed by atoms with Crippen molar-refractivity contribution in [3.63, 3.8) is 0 Å². The maximum absolute atomic E-state index is 12.5. The lowest BCUT2D eigenvalue weighted by Crippen LogP contribution is -2.13. The average molecular weight is 330 g/mol. The van der Waals surface area contributed by atoms with Crippen LogP contribution in [-0.4, -0.2) is 27.0 Å². The molecule has 0 aliphatic carbocycles. The molecule has 0 amide bonds. The minimum Gasteiger partial charge on any atom is -0.491 e. The van der Waals surface area contributed by atoms with Gasteiger partial charge < -0.3 is 7.69 Å². The molecule has 0 spiro atoms. The lowest BCUT2D eigenvalue weighted by Gasteiger charge is -2.14. The number of benzene rings is 1. The maximum atomic E-state index is 12.5. The molecule has 1 unspecified atom stereocenters. The summed E-state index contributed by atoms with van der Waals surface area (Å²) in [4.78, 5) is 0. The summed E-state index contributed by atoms with van der Waals surface area (Å²) in [5, 5.41) is 0. The van der Waals surface area contributed by atoms with Crippen molar-refractivity contribution in [2.75, 3.05) is 0 Å². The second kappa shape index (κ2) is 11.1. The summed E-state index contributed by atoms with van der Waals surface area (Å²) >= 11 is -1.53. The molecule has 0 bridgehead atoms. The Morgan fingerprint density at radius 2 is 1.83 bits per heavy atom. The zero-order chi connectivity index (χ0) is 12.5. The predicted molar refractivity (Wildman–Crippen MR) is 82.1 cm³/mol. The Labute approximate surface area is 131 Å². The van der Waals surface area contributed by atoms with Crippen LogP contribution in [-0.2, 0) is 0 Å². The fraction of sp³-hybridized carbons (Fsp3) is 0.571. The molecule has 18 heavy (non-hydrogen) atoms. The minimum absolute atomic E-state index is 0. The summed E-state index contributed by atoms with van der Waals surface area (Å²) in [6, 6.07) is 7.44. The van der Waals surface area contributed by atoms with Crippen LogP contribution in [0.25, 0.3) is 0 Å². The van der Waals surface area contributed by atoms with Gasteiger partial charge in [0.15, 0.2) is 0 Å². The summed E-state index contributed by atoms with van der Waals surface area (Å²) in [7, 11) is 0. The Balaban J connectivity index is 0.00000289. The van der Waals surface area contributed by atoms with Gasteiger partial charge in [0.25, 0.3) is 0 Å². The summed E-state index contributed by atoms with van der Waals surface area (Å²) in [6.45, 7) is 4.32. The van der Waals surface area contributed by atoms with E-state index in [2.05, 4.69) is 13.8 Å². The number of unbranched alkanes of at least 4 members (excludes halogenated alkanes) is 3. The third-order valence-corrected chi connectivity index (χ3v) is 3.66. The molecule has 1 rings (SSSR count). The molecule has 1 aromatic carbocycles. The van der Waals surface area contributed by atoms with Gasteiger partial charge in [0, 0.05) is 0 Å². The number of hydrogen-bond acceptors (Lipinski definition) is 1. The molecule has 0 saturated carbocycles. The van der Waals surface area contributed by atoms with E-state index in [0.29, 0.717) is 0 Å². The van der Waals surface area contributed by atoms with Crippen LogP contribution in [0.5, 0.6) is 5.75 Å². The van der Waals surface area contributed by atoms with Gasteiger partial charge in [-0.15, -0.1) is 20.7 Å². The van der Waals surface area contributed by atoms with Crippen molar-refractivity contribution < 1.29 is 7.69 Å². The molecule has 0 saturated heterocycles. The fourth-order valence-corrected chi connectivity index (χ4v) is 2.22. The molecule has 4 heteroatoms. The third-order valence-electron chi connectivity index (χ3n) is 2.88. The lowest BCUT2D eigenvalue weighted by molar-refractivity contribution is 0.206. The average Bonchev–Trinajstić information content (AvgIpc) is 2.36. The van der Waals surface area contributed by atoms with Gasteiger partial charge >= 0.3 is 20.9 Å². The minimum atomic E-state index is -1.53. The molecule has 1 nitrogen and oxygen atoms in total. The molecule has 0 heterocycles. The Kier molecular flexibility index (Phi) is 11.2. The highest BCUT2D eigenvalue weighted by molar-refractivity contribution is 8.93. The van der Waals surface area contributed by atoms with Gasteiger partial charge in [-0.25, -0.2) is 0 Å². The largest absolute Gasteiger partial charge is 0.652 e. The lowest BCUT2D eigenvalue weighted by atomic mass is 10.1. The Bertz CT molecular complexity index is 305. The van der Waals surface area contributed by atoms with Crippen molar-refractivity contribution >= 4 is 41.6 Å². The van der Waals surface area contributed by atoms with Gasteiger partial charge in [-0.1, -0.05) is 38.3 Å². The smallest absolute Gasteiger partial charge is 0.491 e. The van der Waals surface area contributed by atoms with Crippen LogP contribution in [0.15, 0.2) is 24.3 Å². The summed E-state index contributed by atoms with van der Waals surface area (Å²) < 4.78 is 19.1. The van der Waals surface area contributed by atoms with Crippen LogP contribution < -0.4 is 8.43 Å². The van der Waals surface area contributed by atoms with Crippen molar-refractivity contribution in [2.45, 2.75) is 52.1 Å². The standard InChI is InChI=1S/C14H21O.BrH.FH.Mg/c1-3-4-5-7-10-13(2)15-14-11-8-6-9-12-14;;;/h8-9,11-13H,3-5,7,10H2,1-2H3;2*1H;/q;;;+1/p-1. The quantitative estimate of drug-likeness (QED) is 0.513. The second-order valence-electron chi connectivity index (χ2n) is 4.56. The van der Waals surface area contributed by atoms with E-state index in [4.69, 9.17) is 4.74 Å². The summed E-state index contributed by atoms with van der Waals surface area (Å²) in [6.07, 6.45) is 6.44. The van der Waals surface area contributed by atoms with E-state index in [1.807, 2.05) is 24.3 Å². The summed E-state index contributed by atoms with van der Waals surface area (Å²) in [5.74, 6) is 0.860. The van der Waals surface area contributed by atoms with E-state index in [1.54, 1.807) is 0 Å². The second-order valence-corrected chi connectivity index (χ2v) is 5.64. The van der Waals surface area contributed by atoms with E-state index >= 15 is 0 Å². The highest BCUT2D eigenvalue weighted by Gasteiger charge is 2.04. The fourth-order valence-electron chi connectivity index (χ4n) is 1.81. The van der Waals surface area contributed by atoms with Gasteiger partial charge in [0.1, 0.15) is 5.75 Å². The Hall–Kier alpha value is 0.196. The van der Waals surface area contributed by atoms with Crippen molar-refractivity contribution in [3.8, 4) is 5.75 Å². The molecule has 1 aromatic rings. The van der Waals surface area contributed by atoms with Crippen molar-refractivity contribution in [3.05, 3.63) is 24.3 Å². The van der Waals surface area contributed by atoms with E-state index in [9.17, 15) is 2.96 Å². The normalized spacial score (nSPS) is 11.3. The molecule has 0 aliphatic heterocycles. The molecule has 0 aromatic heterocycles. The molecule has 0 N–H and O–H groups in total. The van der Waals surface area contributed by atoms with Gasteiger partial charge in [-0.2, -0.15) is 0 Å². The highest BCUT2D eigenvalue weighted by atomic mass is 79.9. The summed E-state index contributed by atoms with van der Waals surface area (Å²) in [5.41, 5.74) is 0. The monoisotopic (exact) mass is 328 g/mol. The van der Waals surface area contributed by atoms with Gasteiger partial charge in [-0.3, -0.25) is 0 Å². The van der Waals surface area contributed by atoms with E-state index in [0.717, 1.165) is 15.9 Å². The first kappa shape index (κ1) is 18.2. The Morgan fingerprint density at radius 3 is 2.39 bits per heavy atom. The van der Waals surface area contributed by atoms with Crippen LogP contribution in [0.2, 0.25) is 0 Å². The number of hydrogen-bond donors (Lipinski definition) is 0. The molecule has 0 radical (unpaired) electrons. The van der Waals surface area contributed by atoms with Crippen molar-refractivity contribution in [1.29, 1.82) is 0 Å². The van der Waals surface area contributed by atoms with Gasteiger partial charge in [0.05, 0.1) is 6.10 Å². The first-order valence-corrected chi connectivity index (χ1v) is 7.82. The maximum Gasteiger partial charge on any atom is 0.652 e. The first-order valence-electron chi connectivity index (χ1n) is 6.57. The van der Waals surface area contributed by atoms with Crippen LogP contribution in [0, 0.1) is 0 Å². The zero-order valence-corrected chi connectivity index (χ0v) is 14.5. The van der Waals surface area contributed by atoms with E-state index < -0.39 is 20.9 Å². The third kappa shape index (κ3) is 7.59. The van der Waals surface area contributed by atoms with Crippen LogP contribution in [0.3, 0.4) is 0 Å². The van der Waals surface area contributed by atoms with Crippen LogP contribution >= 0.6 is 17.0 Å². The van der Waals surface area contributed by atoms with E-state index in [-0.39, 0.29) is 23.1 Å². The number of rotatable bonds is 8. The topological polar surface area (TPSA) is 9.23 Å². The van der Waals surface area contributed by atoms with Gasteiger partial charge in [-0.05, 0) is 31.9 Å². The molecule has 0 fully saturated rings. The number of halogens is 2. The number of ether oxygens (including phenoxy) is 1. The zero-order valence-electron chi connectivity index (χ0n) is 11.3. The molecule has 0 aliphatic rings. The van der Waals surface area contributed by atoms with E-state index in [1.165, 1.54) is 25.7 Å². The predicted octanol–water partition coefficient (Wildman–Crippen LogP) is 4.22. The molecular weight excluding hydrogens is 307 g/mol. The first-order chi connectivity index (χ1) is 8.26.